The fraction of sp³-hybridized carbons (Fsp3) is 0.727. The molecule has 0 aliphatic rings. The first-order chi connectivity index (χ1) is 8.12. The lowest BCUT2D eigenvalue weighted by Gasteiger charge is -2.28. The van der Waals surface area contributed by atoms with Crippen LogP contribution in [-0.4, -0.2) is 42.6 Å². The molecule has 1 aromatic rings. The monoisotopic (exact) mass is 310 g/mol. The van der Waals surface area contributed by atoms with Crippen molar-refractivity contribution in [1.82, 2.24) is 14.1 Å². The average molecular weight is 311 g/mol. The molecule has 0 aromatic carbocycles. The Hall–Kier alpha value is -0.630. The maximum Gasteiger partial charge on any atom is 0.246 e. The second-order valence-electron chi connectivity index (χ2n) is 5.35. The van der Waals surface area contributed by atoms with Crippen molar-refractivity contribution in [3.8, 4) is 0 Å². The molecule has 0 radical (unpaired) electrons. The van der Waals surface area contributed by atoms with Crippen molar-refractivity contribution < 1.29 is 8.42 Å². The van der Waals surface area contributed by atoms with E-state index < -0.39 is 10.0 Å². The van der Waals surface area contributed by atoms with Crippen molar-refractivity contribution >= 4 is 22.4 Å². The van der Waals surface area contributed by atoms with Crippen LogP contribution in [0.5, 0.6) is 0 Å². The summed E-state index contributed by atoms with van der Waals surface area (Å²) in [5.74, 6) is 0. The molecule has 0 spiro atoms. The highest BCUT2D eigenvalue weighted by Gasteiger charge is 2.29. The molecule has 1 heterocycles. The molecule has 0 fully saturated rings. The fourth-order valence-corrected chi connectivity index (χ4v) is 3.19. The predicted octanol–water partition coefficient (Wildman–Crippen LogP) is 0.756. The molecular formula is C11H23ClN4O2S. The van der Waals surface area contributed by atoms with Gasteiger partial charge in [-0.3, -0.25) is 4.68 Å². The lowest BCUT2D eigenvalue weighted by atomic mass is 9.94. The van der Waals surface area contributed by atoms with Crippen molar-refractivity contribution in [1.29, 1.82) is 0 Å². The van der Waals surface area contributed by atoms with E-state index >= 15 is 0 Å². The molecule has 1 aromatic heterocycles. The molecule has 0 saturated carbocycles. The second-order valence-corrected chi connectivity index (χ2v) is 7.36. The van der Waals surface area contributed by atoms with Gasteiger partial charge in [0.1, 0.15) is 4.90 Å². The van der Waals surface area contributed by atoms with Crippen molar-refractivity contribution in [3.63, 3.8) is 0 Å². The zero-order chi connectivity index (χ0) is 14.1. The second kappa shape index (κ2) is 6.21. The zero-order valence-corrected chi connectivity index (χ0v) is 13.7. The number of hydrogen-bond donors (Lipinski definition) is 1. The van der Waals surface area contributed by atoms with Crippen LogP contribution in [-0.2, 0) is 17.1 Å². The zero-order valence-electron chi connectivity index (χ0n) is 12.0. The van der Waals surface area contributed by atoms with E-state index in [9.17, 15) is 8.42 Å². The molecular weight excluding hydrogens is 288 g/mol. The van der Waals surface area contributed by atoms with Gasteiger partial charge in [-0.15, -0.1) is 12.4 Å². The molecule has 0 saturated heterocycles. The highest BCUT2D eigenvalue weighted by atomic mass is 35.5. The normalized spacial score (nSPS) is 12.6. The summed E-state index contributed by atoms with van der Waals surface area (Å²) in [4.78, 5) is 0.250. The van der Waals surface area contributed by atoms with Crippen LogP contribution in [0, 0.1) is 12.3 Å². The van der Waals surface area contributed by atoms with Gasteiger partial charge in [-0.05, 0) is 18.9 Å². The van der Waals surface area contributed by atoms with Gasteiger partial charge < -0.3 is 5.73 Å². The van der Waals surface area contributed by atoms with Crippen LogP contribution in [0.3, 0.4) is 0 Å². The van der Waals surface area contributed by atoms with E-state index in [1.54, 1.807) is 25.7 Å². The van der Waals surface area contributed by atoms with E-state index in [1.807, 2.05) is 13.8 Å². The van der Waals surface area contributed by atoms with E-state index in [1.165, 1.54) is 10.5 Å². The van der Waals surface area contributed by atoms with Crippen LogP contribution in [0.2, 0.25) is 0 Å². The summed E-state index contributed by atoms with van der Waals surface area (Å²) >= 11 is 0. The number of nitrogens with two attached hydrogens (primary N) is 1. The number of hydrogen-bond acceptors (Lipinski definition) is 4. The third-order valence-corrected chi connectivity index (χ3v) is 4.99. The van der Waals surface area contributed by atoms with Crippen molar-refractivity contribution in [2.75, 3.05) is 20.1 Å². The number of sulfonamides is 1. The first-order valence-electron chi connectivity index (χ1n) is 5.77. The predicted molar refractivity (Wildman–Crippen MR) is 77.8 cm³/mol. The Bertz CT molecular complexity index is 525. The molecule has 6 nitrogen and oxygen atoms in total. The number of nitrogens with zero attached hydrogens (tertiary/aromatic N) is 3. The highest BCUT2D eigenvalue weighted by molar-refractivity contribution is 7.89. The quantitative estimate of drug-likeness (QED) is 0.870. The van der Waals surface area contributed by atoms with E-state index in [4.69, 9.17) is 5.73 Å². The van der Waals surface area contributed by atoms with Crippen molar-refractivity contribution in [2.24, 2.45) is 18.2 Å². The van der Waals surface area contributed by atoms with Crippen LogP contribution in [0.15, 0.2) is 11.1 Å². The summed E-state index contributed by atoms with van der Waals surface area (Å²) in [5.41, 5.74) is 6.01. The van der Waals surface area contributed by atoms with Gasteiger partial charge in [0, 0.05) is 20.6 Å². The number of aryl methyl sites for hydroxylation is 1. The first kappa shape index (κ1) is 18.4. The maximum absolute atomic E-state index is 12.4. The summed E-state index contributed by atoms with van der Waals surface area (Å²) in [5, 5.41) is 3.97. The van der Waals surface area contributed by atoms with Crippen LogP contribution in [0.4, 0.5) is 0 Å². The molecule has 1 rings (SSSR count). The van der Waals surface area contributed by atoms with Gasteiger partial charge in [-0.1, -0.05) is 13.8 Å². The third-order valence-electron chi connectivity index (χ3n) is 3.08. The summed E-state index contributed by atoms with van der Waals surface area (Å²) in [6.45, 7) is 6.42. The Balaban J connectivity index is 0.00000324. The number of aromatic nitrogens is 2. The Morgan fingerprint density at radius 1 is 1.47 bits per heavy atom. The maximum atomic E-state index is 12.4. The van der Waals surface area contributed by atoms with Gasteiger partial charge in [0.2, 0.25) is 10.0 Å². The van der Waals surface area contributed by atoms with Gasteiger partial charge in [0.05, 0.1) is 11.9 Å². The van der Waals surface area contributed by atoms with Gasteiger partial charge in [0.25, 0.3) is 0 Å². The molecule has 0 aliphatic heterocycles. The average Bonchev–Trinajstić information content (AvgIpc) is 2.59. The molecule has 19 heavy (non-hydrogen) atoms. The van der Waals surface area contributed by atoms with E-state index in [-0.39, 0.29) is 22.7 Å². The minimum Gasteiger partial charge on any atom is -0.330 e. The molecule has 0 bridgehead atoms. The van der Waals surface area contributed by atoms with Gasteiger partial charge in [-0.25, -0.2) is 12.7 Å². The SMILES string of the molecule is Cc1c(S(=O)(=O)N(C)CC(C)(C)CN)cnn1C.Cl. The van der Waals surface area contributed by atoms with Crippen molar-refractivity contribution in [2.45, 2.75) is 25.7 Å². The Kier molecular flexibility index (Phi) is 6.01. The molecule has 0 aliphatic carbocycles. The van der Waals surface area contributed by atoms with Gasteiger partial charge in [-0.2, -0.15) is 5.10 Å². The number of rotatable bonds is 5. The van der Waals surface area contributed by atoms with Crippen LogP contribution >= 0.6 is 12.4 Å². The summed E-state index contributed by atoms with van der Waals surface area (Å²) in [6.07, 6.45) is 1.39. The fourth-order valence-electron chi connectivity index (χ4n) is 1.65. The minimum absolute atomic E-state index is 0. The van der Waals surface area contributed by atoms with Crippen LogP contribution < -0.4 is 5.73 Å². The molecule has 0 unspecified atom stereocenters. The summed E-state index contributed by atoms with van der Waals surface area (Å²) in [6, 6.07) is 0. The summed E-state index contributed by atoms with van der Waals surface area (Å²) < 4.78 is 27.7. The molecule has 0 atom stereocenters. The Morgan fingerprint density at radius 3 is 2.37 bits per heavy atom. The molecule has 112 valence electrons. The first-order valence-corrected chi connectivity index (χ1v) is 7.21. The lowest BCUT2D eigenvalue weighted by molar-refractivity contribution is 0.292. The standard InChI is InChI=1S/C11H22N4O2S.ClH/c1-9-10(6-13-15(9)5)18(16,17)14(4)8-11(2,3)7-12;/h6H,7-8,12H2,1-5H3;1H. The molecule has 0 amide bonds. The molecule has 2 N–H and O–H groups in total. The summed E-state index contributed by atoms with van der Waals surface area (Å²) in [7, 11) is -0.209. The van der Waals surface area contributed by atoms with Crippen LogP contribution in [0.1, 0.15) is 19.5 Å². The Morgan fingerprint density at radius 2 is 2.00 bits per heavy atom. The molecule has 8 heteroatoms. The third kappa shape index (κ3) is 3.92. The van der Waals surface area contributed by atoms with Crippen molar-refractivity contribution in [3.05, 3.63) is 11.9 Å². The topological polar surface area (TPSA) is 81.2 Å². The Labute approximate surface area is 121 Å². The van der Waals surface area contributed by atoms with Crippen LogP contribution in [0.25, 0.3) is 0 Å². The largest absolute Gasteiger partial charge is 0.330 e. The number of halogens is 1. The van der Waals surface area contributed by atoms with Gasteiger partial charge >= 0.3 is 0 Å². The minimum atomic E-state index is -3.50. The van der Waals surface area contributed by atoms with E-state index in [2.05, 4.69) is 5.10 Å². The smallest absolute Gasteiger partial charge is 0.246 e. The highest BCUT2D eigenvalue weighted by Crippen LogP contribution is 2.22. The lowest BCUT2D eigenvalue weighted by Crippen LogP contribution is -2.39. The van der Waals surface area contributed by atoms with E-state index in [0.717, 1.165) is 0 Å². The van der Waals surface area contributed by atoms with Gasteiger partial charge in [0.15, 0.2) is 0 Å². The van der Waals surface area contributed by atoms with E-state index in [0.29, 0.717) is 18.8 Å².